The lowest BCUT2D eigenvalue weighted by atomic mass is 9.88. The average Bonchev–Trinajstić information content (AvgIpc) is 2.53. The van der Waals surface area contributed by atoms with E-state index >= 15 is 0 Å². The van der Waals surface area contributed by atoms with Crippen molar-refractivity contribution in [2.75, 3.05) is 13.2 Å². The van der Waals surface area contributed by atoms with Gasteiger partial charge in [0.25, 0.3) is 0 Å². The number of ether oxygens (including phenoxy) is 1. The van der Waals surface area contributed by atoms with Crippen LogP contribution >= 0.6 is 0 Å². The summed E-state index contributed by atoms with van der Waals surface area (Å²) < 4.78 is 5.88. The fourth-order valence-electron chi connectivity index (χ4n) is 2.84. The molecule has 1 saturated carbocycles. The quantitative estimate of drug-likeness (QED) is 0.791. The second kappa shape index (κ2) is 8.15. The SMILES string of the molecule is CC1CCCCC1OCCNC(=O)C(N)c1ccccc1. The lowest BCUT2D eigenvalue weighted by Crippen LogP contribution is -2.37. The maximum atomic E-state index is 12.0. The Hall–Kier alpha value is -1.39. The Bertz CT molecular complexity index is 436. The van der Waals surface area contributed by atoms with E-state index in [2.05, 4.69) is 12.2 Å². The van der Waals surface area contributed by atoms with Crippen LogP contribution in [-0.2, 0) is 9.53 Å². The molecule has 1 aliphatic rings. The third kappa shape index (κ3) is 4.83. The van der Waals surface area contributed by atoms with Crippen molar-refractivity contribution in [1.29, 1.82) is 0 Å². The Morgan fingerprint density at radius 1 is 1.33 bits per heavy atom. The van der Waals surface area contributed by atoms with Gasteiger partial charge in [-0.3, -0.25) is 4.79 Å². The van der Waals surface area contributed by atoms with Crippen LogP contribution in [0.5, 0.6) is 0 Å². The topological polar surface area (TPSA) is 64.3 Å². The van der Waals surface area contributed by atoms with Crippen molar-refractivity contribution in [2.24, 2.45) is 11.7 Å². The third-order valence-corrected chi connectivity index (χ3v) is 4.21. The summed E-state index contributed by atoms with van der Waals surface area (Å²) in [6.45, 7) is 3.32. The van der Waals surface area contributed by atoms with Gasteiger partial charge in [0.15, 0.2) is 0 Å². The second-order valence-corrected chi connectivity index (χ2v) is 5.85. The minimum Gasteiger partial charge on any atom is -0.376 e. The van der Waals surface area contributed by atoms with Crippen molar-refractivity contribution in [3.8, 4) is 0 Å². The fraction of sp³-hybridized carbons (Fsp3) is 0.588. The van der Waals surface area contributed by atoms with Crippen molar-refractivity contribution >= 4 is 5.91 Å². The number of nitrogens with one attached hydrogen (secondary N) is 1. The van der Waals surface area contributed by atoms with Gasteiger partial charge in [-0.15, -0.1) is 0 Å². The van der Waals surface area contributed by atoms with Crippen LogP contribution in [0.2, 0.25) is 0 Å². The highest BCUT2D eigenvalue weighted by Gasteiger charge is 2.21. The van der Waals surface area contributed by atoms with E-state index in [-0.39, 0.29) is 5.91 Å². The Morgan fingerprint density at radius 2 is 2.05 bits per heavy atom. The number of benzene rings is 1. The average molecular weight is 290 g/mol. The molecule has 0 spiro atoms. The van der Waals surface area contributed by atoms with Crippen LogP contribution in [0.25, 0.3) is 0 Å². The van der Waals surface area contributed by atoms with Crippen LogP contribution in [0, 0.1) is 5.92 Å². The van der Waals surface area contributed by atoms with Crippen LogP contribution in [0.1, 0.15) is 44.2 Å². The summed E-state index contributed by atoms with van der Waals surface area (Å²) >= 11 is 0. The molecular formula is C17H26N2O2. The second-order valence-electron chi connectivity index (χ2n) is 5.85. The van der Waals surface area contributed by atoms with Crippen molar-refractivity contribution < 1.29 is 9.53 Å². The van der Waals surface area contributed by atoms with Crippen LogP contribution in [0.15, 0.2) is 30.3 Å². The van der Waals surface area contributed by atoms with Gasteiger partial charge < -0.3 is 15.8 Å². The predicted octanol–water partition coefficient (Wildman–Crippen LogP) is 2.40. The van der Waals surface area contributed by atoms with Gasteiger partial charge in [-0.2, -0.15) is 0 Å². The standard InChI is InChI=1S/C17H26N2O2/c1-13-7-5-6-10-15(13)21-12-11-19-17(20)16(18)14-8-3-2-4-9-14/h2-4,8-9,13,15-16H,5-7,10-12,18H2,1H3,(H,19,20). The molecule has 1 aromatic rings. The van der Waals surface area contributed by atoms with E-state index in [9.17, 15) is 4.79 Å². The zero-order chi connectivity index (χ0) is 15.1. The number of hydrogen-bond donors (Lipinski definition) is 2. The monoisotopic (exact) mass is 290 g/mol. The highest BCUT2D eigenvalue weighted by molar-refractivity contribution is 5.82. The molecule has 21 heavy (non-hydrogen) atoms. The molecule has 0 saturated heterocycles. The lowest BCUT2D eigenvalue weighted by Gasteiger charge is -2.28. The van der Waals surface area contributed by atoms with Crippen LogP contribution < -0.4 is 11.1 Å². The van der Waals surface area contributed by atoms with Crippen molar-refractivity contribution in [3.05, 3.63) is 35.9 Å². The summed E-state index contributed by atoms with van der Waals surface area (Å²) in [5, 5.41) is 2.85. The van der Waals surface area contributed by atoms with Gasteiger partial charge >= 0.3 is 0 Å². The maximum absolute atomic E-state index is 12.0. The van der Waals surface area contributed by atoms with E-state index in [0.717, 1.165) is 12.0 Å². The van der Waals surface area contributed by atoms with Gasteiger partial charge in [0.05, 0.1) is 12.7 Å². The molecular weight excluding hydrogens is 264 g/mol. The molecule has 1 aromatic carbocycles. The first-order valence-corrected chi connectivity index (χ1v) is 7.88. The molecule has 4 heteroatoms. The lowest BCUT2D eigenvalue weighted by molar-refractivity contribution is -0.123. The number of hydrogen-bond acceptors (Lipinski definition) is 3. The molecule has 4 nitrogen and oxygen atoms in total. The maximum Gasteiger partial charge on any atom is 0.241 e. The van der Waals surface area contributed by atoms with E-state index in [1.165, 1.54) is 19.3 Å². The normalized spacial score (nSPS) is 23.5. The fourth-order valence-corrected chi connectivity index (χ4v) is 2.84. The molecule has 0 radical (unpaired) electrons. The summed E-state index contributed by atoms with van der Waals surface area (Å²) in [6.07, 6.45) is 5.29. The first kappa shape index (κ1) is 16.0. The van der Waals surface area contributed by atoms with Crippen molar-refractivity contribution in [1.82, 2.24) is 5.32 Å². The van der Waals surface area contributed by atoms with Gasteiger partial charge in [-0.25, -0.2) is 0 Å². The molecule has 0 heterocycles. The summed E-state index contributed by atoms with van der Waals surface area (Å²) in [7, 11) is 0. The van der Waals surface area contributed by atoms with Crippen molar-refractivity contribution in [3.63, 3.8) is 0 Å². The highest BCUT2D eigenvalue weighted by atomic mass is 16.5. The molecule has 0 bridgehead atoms. The van der Waals surface area contributed by atoms with Crippen LogP contribution in [-0.4, -0.2) is 25.2 Å². The number of rotatable bonds is 6. The molecule has 0 aliphatic heterocycles. The van der Waals surface area contributed by atoms with Crippen molar-refractivity contribution in [2.45, 2.75) is 44.8 Å². The highest BCUT2D eigenvalue weighted by Crippen LogP contribution is 2.25. The summed E-state index contributed by atoms with van der Waals surface area (Å²) in [6, 6.07) is 8.80. The van der Waals surface area contributed by atoms with Gasteiger partial charge in [0.2, 0.25) is 5.91 Å². The van der Waals surface area contributed by atoms with E-state index in [1.54, 1.807) is 0 Å². The van der Waals surface area contributed by atoms with E-state index in [4.69, 9.17) is 10.5 Å². The number of carbonyl (C=O) groups excluding carboxylic acids is 1. The van der Waals surface area contributed by atoms with E-state index < -0.39 is 6.04 Å². The number of amides is 1. The Kier molecular flexibility index (Phi) is 6.21. The summed E-state index contributed by atoms with van der Waals surface area (Å²) in [5.74, 6) is 0.475. The van der Waals surface area contributed by atoms with Crippen LogP contribution in [0.4, 0.5) is 0 Å². The van der Waals surface area contributed by atoms with Gasteiger partial charge in [0, 0.05) is 6.54 Å². The molecule has 1 aliphatic carbocycles. The molecule has 3 N–H and O–H groups in total. The molecule has 3 unspecified atom stereocenters. The first-order chi connectivity index (χ1) is 10.2. The summed E-state index contributed by atoms with van der Waals surface area (Å²) in [4.78, 5) is 12.0. The predicted molar refractivity (Wildman–Crippen MR) is 83.8 cm³/mol. The summed E-state index contributed by atoms with van der Waals surface area (Å²) in [5.41, 5.74) is 6.76. The Labute approximate surface area is 127 Å². The van der Waals surface area contributed by atoms with Crippen LogP contribution in [0.3, 0.4) is 0 Å². The molecule has 3 atom stereocenters. The minimum atomic E-state index is -0.611. The molecule has 2 rings (SSSR count). The smallest absolute Gasteiger partial charge is 0.241 e. The zero-order valence-corrected chi connectivity index (χ0v) is 12.8. The first-order valence-electron chi connectivity index (χ1n) is 7.88. The molecule has 116 valence electrons. The zero-order valence-electron chi connectivity index (χ0n) is 12.8. The van der Waals surface area contributed by atoms with Gasteiger partial charge in [-0.05, 0) is 24.3 Å². The van der Waals surface area contributed by atoms with E-state index in [1.807, 2.05) is 30.3 Å². The third-order valence-electron chi connectivity index (χ3n) is 4.21. The molecule has 1 amide bonds. The van der Waals surface area contributed by atoms with Gasteiger partial charge in [0.1, 0.15) is 6.04 Å². The molecule has 1 fully saturated rings. The Balaban J connectivity index is 1.67. The number of carbonyl (C=O) groups is 1. The van der Waals surface area contributed by atoms with Gasteiger partial charge in [-0.1, -0.05) is 50.1 Å². The van der Waals surface area contributed by atoms with E-state index in [0.29, 0.717) is 25.2 Å². The minimum absolute atomic E-state index is 0.151. The Morgan fingerprint density at radius 3 is 2.76 bits per heavy atom. The largest absolute Gasteiger partial charge is 0.376 e. The number of nitrogens with two attached hydrogens (primary N) is 1. The molecule has 0 aromatic heterocycles.